The molecule has 0 bridgehead atoms. The van der Waals surface area contributed by atoms with E-state index in [9.17, 15) is 0 Å². The van der Waals surface area contributed by atoms with Gasteiger partial charge in [0.05, 0.1) is 32.3 Å². The van der Waals surface area contributed by atoms with E-state index in [2.05, 4.69) is 17.2 Å². The van der Waals surface area contributed by atoms with Gasteiger partial charge in [-0.2, -0.15) is 0 Å². The molecule has 112 valence electrons. The molecule has 0 spiro atoms. The molecule has 0 unspecified atom stereocenters. The summed E-state index contributed by atoms with van der Waals surface area (Å²) in [7, 11) is 3.19. The molecule has 0 aliphatic carbocycles. The zero-order valence-corrected chi connectivity index (χ0v) is 12.6. The Morgan fingerprint density at radius 3 is 2.43 bits per heavy atom. The predicted molar refractivity (Wildman–Crippen MR) is 82.6 cm³/mol. The minimum atomic E-state index is 0.539. The fraction of sp³-hybridized carbons (Fsp3) is 0.312. The Kier molecular flexibility index (Phi) is 5.26. The van der Waals surface area contributed by atoms with Gasteiger partial charge in [0.1, 0.15) is 5.75 Å². The van der Waals surface area contributed by atoms with E-state index < -0.39 is 0 Å². The van der Waals surface area contributed by atoms with Gasteiger partial charge in [-0.25, -0.2) is 0 Å². The minimum Gasteiger partial charge on any atom is -0.493 e. The zero-order chi connectivity index (χ0) is 15.1. The van der Waals surface area contributed by atoms with Crippen LogP contribution in [0.5, 0.6) is 23.0 Å². The molecule has 0 aliphatic heterocycles. The predicted octanol–water partition coefficient (Wildman–Crippen LogP) is 3.71. The standard InChI is InChI=1S/C16H20N2O3/c1-4-8-18-12-9-13(11-17-10-12)21-16-14(19-2)6-5-7-15(16)20-3/h5-7,9-11,18H,4,8H2,1-3H3. The number of nitrogens with zero attached hydrogens (tertiary/aromatic N) is 1. The SMILES string of the molecule is CCCNc1cncc(Oc2c(OC)cccc2OC)c1. The van der Waals surface area contributed by atoms with Gasteiger partial charge < -0.3 is 19.5 Å². The van der Waals surface area contributed by atoms with Crippen molar-refractivity contribution in [2.75, 3.05) is 26.1 Å². The number of aromatic nitrogens is 1. The van der Waals surface area contributed by atoms with Crippen LogP contribution < -0.4 is 19.5 Å². The fourth-order valence-electron chi connectivity index (χ4n) is 1.88. The number of para-hydroxylation sites is 1. The number of methoxy groups -OCH3 is 2. The number of pyridine rings is 1. The lowest BCUT2D eigenvalue weighted by molar-refractivity contribution is 0.346. The van der Waals surface area contributed by atoms with Gasteiger partial charge in [-0.15, -0.1) is 0 Å². The molecule has 2 rings (SSSR count). The molecule has 1 heterocycles. The molecule has 0 radical (unpaired) electrons. The largest absolute Gasteiger partial charge is 0.493 e. The maximum absolute atomic E-state index is 5.89. The molecule has 5 nitrogen and oxygen atoms in total. The van der Waals surface area contributed by atoms with Gasteiger partial charge in [0.2, 0.25) is 5.75 Å². The monoisotopic (exact) mass is 288 g/mol. The van der Waals surface area contributed by atoms with Crippen molar-refractivity contribution in [2.45, 2.75) is 13.3 Å². The van der Waals surface area contributed by atoms with E-state index in [1.165, 1.54) is 0 Å². The number of nitrogens with one attached hydrogen (secondary N) is 1. The first kappa shape index (κ1) is 15.0. The van der Waals surface area contributed by atoms with Gasteiger partial charge in [0.15, 0.2) is 11.5 Å². The van der Waals surface area contributed by atoms with E-state index in [1.54, 1.807) is 26.6 Å². The molecule has 1 aromatic heterocycles. The second kappa shape index (κ2) is 7.38. The highest BCUT2D eigenvalue weighted by Gasteiger charge is 2.12. The Labute approximate surface area is 124 Å². The van der Waals surface area contributed by atoms with Crippen molar-refractivity contribution in [1.82, 2.24) is 4.98 Å². The molecule has 0 amide bonds. The first-order valence-corrected chi connectivity index (χ1v) is 6.86. The van der Waals surface area contributed by atoms with Crippen LogP contribution in [0.25, 0.3) is 0 Å². The van der Waals surface area contributed by atoms with Crippen LogP contribution in [-0.2, 0) is 0 Å². The molecule has 1 N–H and O–H groups in total. The quantitative estimate of drug-likeness (QED) is 0.841. The zero-order valence-electron chi connectivity index (χ0n) is 12.6. The summed E-state index contributed by atoms with van der Waals surface area (Å²) >= 11 is 0. The lowest BCUT2D eigenvalue weighted by Gasteiger charge is -2.14. The summed E-state index contributed by atoms with van der Waals surface area (Å²) < 4.78 is 16.5. The number of hydrogen-bond donors (Lipinski definition) is 1. The molecule has 5 heteroatoms. The maximum Gasteiger partial charge on any atom is 0.211 e. The van der Waals surface area contributed by atoms with Crippen molar-refractivity contribution in [3.63, 3.8) is 0 Å². The van der Waals surface area contributed by atoms with Crippen LogP contribution in [0.3, 0.4) is 0 Å². The summed E-state index contributed by atoms with van der Waals surface area (Å²) in [5, 5.41) is 3.27. The van der Waals surface area contributed by atoms with Gasteiger partial charge in [-0.3, -0.25) is 4.98 Å². The Morgan fingerprint density at radius 1 is 1.10 bits per heavy atom. The van der Waals surface area contributed by atoms with E-state index in [0.29, 0.717) is 23.0 Å². The summed E-state index contributed by atoms with van der Waals surface area (Å²) in [4.78, 5) is 4.18. The highest BCUT2D eigenvalue weighted by Crippen LogP contribution is 2.40. The molecule has 21 heavy (non-hydrogen) atoms. The molecular formula is C16H20N2O3. The van der Waals surface area contributed by atoms with Crippen LogP contribution in [0.4, 0.5) is 5.69 Å². The van der Waals surface area contributed by atoms with Crippen molar-refractivity contribution >= 4 is 5.69 Å². The Balaban J connectivity index is 2.25. The van der Waals surface area contributed by atoms with Gasteiger partial charge >= 0.3 is 0 Å². The minimum absolute atomic E-state index is 0.539. The Bertz CT molecular complexity index is 565. The summed E-state index contributed by atoms with van der Waals surface area (Å²) in [5.41, 5.74) is 0.920. The lowest BCUT2D eigenvalue weighted by Crippen LogP contribution is -2.00. The third-order valence-corrected chi connectivity index (χ3v) is 2.89. The average Bonchev–Trinajstić information content (AvgIpc) is 2.53. The van der Waals surface area contributed by atoms with Crippen molar-refractivity contribution in [3.8, 4) is 23.0 Å². The summed E-state index contributed by atoms with van der Waals surface area (Å²) in [6, 6.07) is 7.39. The van der Waals surface area contributed by atoms with Crippen LogP contribution in [0.2, 0.25) is 0 Å². The highest BCUT2D eigenvalue weighted by atomic mass is 16.5. The number of rotatable bonds is 7. The fourth-order valence-corrected chi connectivity index (χ4v) is 1.88. The van der Waals surface area contributed by atoms with Gasteiger partial charge in [0, 0.05) is 12.6 Å². The molecule has 2 aromatic rings. The van der Waals surface area contributed by atoms with Gasteiger partial charge in [-0.05, 0) is 18.6 Å². The third-order valence-electron chi connectivity index (χ3n) is 2.89. The number of hydrogen-bond acceptors (Lipinski definition) is 5. The van der Waals surface area contributed by atoms with Crippen molar-refractivity contribution < 1.29 is 14.2 Å². The Morgan fingerprint density at radius 2 is 1.81 bits per heavy atom. The van der Waals surface area contributed by atoms with Crippen LogP contribution in [-0.4, -0.2) is 25.7 Å². The van der Waals surface area contributed by atoms with Gasteiger partial charge in [-0.1, -0.05) is 13.0 Å². The first-order chi connectivity index (χ1) is 10.3. The lowest BCUT2D eigenvalue weighted by atomic mass is 10.3. The van der Waals surface area contributed by atoms with E-state index in [1.807, 2.05) is 24.3 Å². The maximum atomic E-state index is 5.89. The third kappa shape index (κ3) is 3.78. The highest BCUT2D eigenvalue weighted by molar-refractivity contribution is 5.54. The number of anilines is 1. The number of ether oxygens (including phenoxy) is 3. The second-order valence-corrected chi connectivity index (χ2v) is 4.43. The van der Waals surface area contributed by atoms with Crippen LogP contribution in [0, 0.1) is 0 Å². The molecule has 1 aromatic carbocycles. The van der Waals surface area contributed by atoms with Crippen LogP contribution in [0.15, 0.2) is 36.7 Å². The molecule has 0 fully saturated rings. The normalized spacial score (nSPS) is 10.0. The number of benzene rings is 1. The van der Waals surface area contributed by atoms with Crippen LogP contribution in [0.1, 0.15) is 13.3 Å². The molecule has 0 atom stereocenters. The van der Waals surface area contributed by atoms with E-state index in [4.69, 9.17) is 14.2 Å². The van der Waals surface area contributed by atoms with Gasteiger partial charge in [0.25, 0.3) is 0 Å². The first-order valence-electron chi connectivity index (χ1n) is 6.86. The van der Waals surface area contributed by atoms with Crippen molar-refractivity contribution in [2.24, 2.45) is 0 Å². The summed E-state index contributed by atoms with van der Waals surface area (Å²) in [6.45, 7) is 3.00. The molecule has 0 saturated heterocycles. The smallest absolute Gasteiger partial charge is 0.211 e. The molecular weight excluding hydrogens is 268 g/mol. The van der Waals surface area contributed by atoms with E-state index >= 15 is 0 Å². The Hall–Kier alpha value is -2.43. The topological polar surface area (TPSA) is 52.6 Å². The molecule has 0 aliphatic rings. The average molecular weight is 288 g/mol. The van der Waals surface area contributed by atoms with Crippen molar-refractivity contribution in [1.29, 1.82) is 0 Å². The summed E-state index contributed by atoms with van der Waals surface area (Å²) in [5.74, 6) is 2.39. The van der Waals surface area contributed by atoms with Crippen LogP contribution >= 0.6 is 0 Å². The second-order valence-electron chi connectivity index (χ2n) is 4.43. The van der Waals surface area contributed by atoms with E-state index in [0.717, 1.165) is 18.7 Å². The van der Waals surface area contributed by atoms with E-state index in [-0.39, 0.29) is 0 Å². The summed E-state index contributed by atoms with van der Waals surface area (Å²) in [6.07, 6.45) is 4.47. The molecule has 0 saturated carbocycles. The van der Waals surface area contributed by atoms with Crippen molar-refractivity contribution in [3.05, 3.63) is 36.7 Å².